The van der Waals surface area contributed by atoms with Crippen LogP contribution in [0, 0.1) is 5.82 Å². The van der Waals surface area contributed by atoms with Crippen molar-refractivity contribution in [2.24, 2.45) is 0 Å². The predicted octanol–water partition coefficient (Wildman–Crippen LogP) is 4.17. The summed E-state index contributed by atoms with van der Waals surface area (Å²) >= 11 is 0. The number of carbonyl (C=O) groups excluding carboxylic acids is 1. The molecule has 0 saturated heterocycles. The topological polar surface area (TPSA) is 42.4 Å². The summed E-state index contributed by atoms with van der Waals surface area (Å²) in [5.41, 5.74) is 2.82. The Morgan fingerprint density at radius 3 is 2.58 bits per heavy atom. The molecule has 3 aromatic rings. The van der Waals surface area contributed by atoms with E-state index in [1.807, 2.05) is 24.3 Å². The molecule has 0 aliphatic heterocycles. The van der Waals surface area contributed by atoms with Gasteiger partial charge in [0.1, 0.15) is 18.2 Å². The van der Waals surface area contributed by atoms with Crippen LogP contribution in [0.5, 0.6) is 5.75 Å². The SMILES string of the molecule is CN(C)C(=O)c1cccnc1-c1cccc(OCc2ccc(F)cc2)c1. The lowest BCUT2D eigenvalue weighted by atomic mass is 10.0. The van der Waals surface area contributed by atoms with E-state index in [0.29, 0.717) is 23.6 Å². The van der Waals surface area contributed by atoms with Gasteiger partial charge in [0.05, 0.1) is 11.3 Å². The number of carbonyl (C=O) groups is 1. The Morgan fingerprint density at radius 2 is 1.85 bits per heavy atom. The molecule has 0 spiro atoms. The standard InChI is InChI=1S/C21H19FN2O2/c1-24(2)21(25)19-7-4-12-23-20(19)16-5-3-6-18(13-16)26-14-15-8-10-17(22)11-9-15/h3-13H,14H2,1-2H3. The number of aromatic nitrogens is 1. The van der Waals surface area contributed by atoms with E-state index < -0.39 is 0 Å². The van der Waals surface area contributed by atoms with Crippen molar-refractivity contribution in [1.29, 1.82) is 0 Å². The van der Waals surface area contributed by atoms with Crippen LogP contribution in [0.3, 0.4) is 0 Å². The van der Waals surface area contributed by atoms with Crippen LogP contribution in [0.1, 0.15) is 15.9 Å². The van der Waals surface area contributed by atoms with Gasteiger partial charge in [-0.3, -0.25) is 9.78 Å². The first-order valence-corrected chi connectivity index (χ1v) is 8.19. The van der Waals surface area contributed by atoms with Gasteiger partial charge >= 0.3 is 0 Å². The first kappa shape index (κ1) is 17.6. The highest BCUT2D eigenvalue weighted by Crippen LogP contribution is 2.26. The van der Waals surface area contributed by atoms with E-state index in [4.69, 9.17) is 4.74 Å². The first-order valence-electron chi connectivity index (χ1n) is 8.19. The fourth-order valence-corrected chi connectivity index (χ4v) is 2.53. The molecule has 3 rings (SSSR count). The van der Waals surface area contributed by atoms with Gasteiger partial charge in [0.25, 0.3) is 5.91 Å². The minimum absolute atomic E-state index is 0.106. The first-order chi connectivity index (χ1) is 12.5. The summed E-state index contributed by atoms with van der Waals surface area (Å²) in [7, 11) is 3.42. The largest absolute Gasteiger partial charge is 0.489 e. The maximum atomic E-state index is 13.0. The van der Waals surface area contributed by atoms with Crippen molar-refractivity contribution < 1.29 is 13.9 Å². The van der Waals surface area contributed by atoms with Gasteiger partial charge in [-0.05, 0) is 42.0 Å². The van der Waals surface area contributed by atoms with E-state index in [1.54, 1.807) is 44.6 Å². The van der Waals surface area contributed by atoms with Crippen LogP contribution in [0.2, 0.25) is 0 Å². The molecule has 0 unspecified atom stereocenters. The molecule has 0 saturated carbocycles. The summed E-state index contributed by atoms with van der Waals surface area (Å²) in [6, 6.07) is 17.1. The van der Waals surface area contributed by atoms with Crippen LogP contribution >= 0.6 is 0 Å². The van der Waals surface area contributed by atoms with Crippen LogP contribution in [0.4, 0.5) is 4.39 Å². The van der Waals surface area contributed by atoms with Crippen molar-refractivity contribution in [3.63, 3.8) is 0 Å². The van der Waals surface area contributed by atoms with E-state index in [9.17, 15) is 9.18 Å². The number of ether oxygens (including phenoxy) is 1. The molecule has 2 aromatic carbocycles. The summed E-state index contributed by atoms with van der Waals surface area (Å²) in [6.07, 6.45) is 1.66. The Morgan fingerprint density at radius 1 is 1.08 bits per heavy atom. The Hall–Kier alpha value is -3.21. The van der Waals surface area contributed by atoms with Crippen molar-refractivity contribution in [1.82, 2.24) is 9.88 Å². The van der Waals surface area contributed by atoms with Crippen LogP contribution in [-0.2, 0) is 6.61 Å². The summed E-state index contributed by atoms with van der Waals surface area (Å²) < 4.78 is 18.8. The van der Waals surface area contributed by atoms with E-state index >= 15 is 0 Å². The highest BCUT2D eigenvalue weighted by Gasteiger charge is 2.15. The maximum Gasteiger partial charge on any atom is 0.255 e. The Bertz CT molecular complexity index is 908. The fourth-order valence-electron chi connectivity index (χ4n) is 2.53. The quantitative estimate of drug-likeness (QED) is 0.694. The molecule has 0 N–H and O–H groups in total. The van der Waals surface area contributed by atoms with Crippen molar-refractivity contribution in [3.05, 3.63) is 83.8 Å². The predicted molar refractivity (Wildman–Crippen MR) is 98.4 cm³/mol. The van der Waals surface area contributed by atoms with E-state index in [1.165, 1.54) is 17.0 Å². The average molecular weight is 350 g/mol. The molecule has 26 heavy (non-hydrogen) atoms. The average Bonchev–Trinajstić information content (AvgIpc) is 2.67. The number of pyridine rings is 1. The van der Waals surface area contributed by atoms with Gasteiger partial charge in [-0.25, -0.2) is 4.39 Å². The second-order valence-corrected chi connectivity index (χ2v) is 6.04. The number of amides is 1. The number of benzene rings is 2. The Kier molecular flexibility index (Phi) is 5.27. The smallest absolute Gasteiger partial charge is 0.255 e. The molecular formula is C21H19FN2O2. The molecule has 1 aromatic heterocycles. The lowest BCUT2D eigenvalue weighted by Gasteiger charge is -2.14. The Labute approximate surface area is 151 Å². The summed E-state index contributed by atoms with van der Waals surface area (Å²) in [6.45, 7) is 0.329. The zero-order valence-corrected chi connectivity index (χ0v) is 14.6. The third kappa shape index (κ3) is 4.06. The van der Waals surface area contributed by atoms with Crippen LogP contribution < -0.4 is 4.74 Å². The zero-order valence-electron chi connectivity index (χ0n) is 14.6. The van der Waals surface area contributed by atoms with Crippen molar-refractivity contribution in [2.45, 2.75) is 6.61 Å². The highest BCUT2D eigenvalue weighted by molar-refractivity contribution is 5.99. The van der Waals surface area contributed by atoms with Gasteiger partial charge in [-0.15, -0.1) is 0 Å². The van der Waals surface area contributed by atoms with Crippen molar-refractivity contribution in [2.75, 3.05) is 14.1 Å². The molecule has 4 nitrogen and oxygen atoms in total. The number of nitrogens with zero attached hydrogens (tertiary/aromatic N) is 2. The minimum atomic E-state index is -0.274. The second kappa shape index (κ2) is 7.78. The lowest BCUT2D eigenvalue weighted by Crippen LogP contribution is -2.22. The molecule has 0 bridgehead atoms. The van der Waals surface area contributed by atoms with Crippen LogP contribution in [0.25, 0.3) is 11.3 Å². The Balaban J connectivity index is 1.84. The maximum absolute atomic E-state index is 13.0. The molecule has 0 aliphatic carbocycles. The van der Waals surface area contributed by atoms with Gasteiger partial charge in [0, 0.05) is 25.9 Å². The third-order valence-corrected chi connectivity index (χ3v) is 3.87. The normalized spacial score (nSPS) is 10.4. The van der Waals surface area contributed by atoms with Gasteiger partial charge < -0.3 is 9.64 Å². The number of rotatable bonds is 5. The molecule has 0 aliphatic rings. The van der Waals surface area contributed by atoms with Gasteiger partial charge in [0.15, 0.2) is 0 Å². The van der Waals surface area contributed by atoms with Crippen LogP contribution in [-0.4, -0.2) is 29.9 Å². The highest BCUT2D eigenvalue weighted by atomic mass is 19.1. The fraction of sp³-hybridized carbons (Fsp3) is 0.143. The molecule has 132 valence electrons. The third-order valence-electron chi connectivity index (χ3n) is 3.87. The lowest BCUT2D eigenvalue weighted by molar-refractivity contribution is 0.0828. The van der Waals surface area contributed by atoms with E-state index in [-0.39, 0.29) is 11.7 Å². The van der Waals surface area contributed by atoms with E-state index in [0.717, 1.165) is 11.1 Å². The van der Waals surface area contributed by atoms with Gasteiger partial charge in [0.2, 0.25) is 0 Å². The molecule has 0 radical (unpaired) electrons. The molecule has 1 heterocycles. The molecule has 0 atom stereocenters. The molecule has 5 heteroatoms. The van der Waals surface area contributed by atoms with E-state index in [2.05, 4.69) is 4.98 Å². The summed E-state index contributed by atoms with van der Waals surface area (Å²) in [4.78, 5) is 18.3. The number of hydrogen-bond acceptors (Lipinski definition) is 3. The monoisotopic (exact) mass is 350 g/mol. The van der Waals surface area contributed by atoms with Crippen molar-refractivity contribution >= 4 is 5.91 Å². The number of halogens is 1. The van der Waals surface area contributed by atoms with Gasteiger partial charge in [-0.2, -0.15) is 0 Å². The van der Waals surface area contributed by atoms with Crippen LogP contribution in [0.15, 0.2) is 66.9 Å². The summed E-state index contributed by atoms with van der Waals surface area (Å²) in [5, 5.41) is 0. The van der Waals surface area contributed by atoms with Gasteiger partial charge in [-0.1, -0.05) is 24.3 Å². The molecule has 0 fully saturated rings. The second-order valence-electron chi connectivity index (χ2n) is 6.04. The van der Waals surface area contributed by atoms with Crippen molar-refractivity contribution in [3.8, 4) is 17.0 Å². The molecular weight excluding hydrogens is 331 g/mol. The minimum Gasteiger partial charge on any atom is -0.489 e. The molecule has 1 amide bonds. The zero-order chi connectivity index (χ0) is 18.5. The number of hydrogen-bond donors (Lipinski definition) is 0. The summed E-state index contributed by atoms with van der Waals surface area (Å²) in [5.74, 6) is 0.274.